The van der Waals surface area contributed by atoms with E-state index in [0.717, 1.165) is 24.3 Å². The molecule has 0 aliphatic carbocycles. The van der Waals surface area contributed by atoms with Crippen LogP contribution in [-0.4, -0.2) is 9.97 Å². The molecule has 0 saturated carbocycles. The highest BCUT2D eigenvalue weighted by molar-refractivity contribution is 6.15. The van der Waals surface area contributed by atoms with Gasteiger partial charge in [-0.05, 0) is 58.7 Å². The Morgan fingerprint density at radius 2 is 1.02 bits per heavy atom. The van der Waals surface area contributed by atoms with Crippen LogP contribution >= 0.6 is 0 Å². The van der Waals surface area contributed by atoms with E-state index in [-0.39, 0.29) is 16.2 Å². The van der Waals surface area contributed by atoms with Gasteiger partial charge in [0.1, 0.15) is 16.4 Å². The summed E-state index contributed by atoms with van der Waals surface area (Å²) in [7, 11) is 0. The van der Waals surface area contributed by atoms with Crippen molar-refractivity contribution in [2.75, 3.05) is 0 Å². The van der Waals surface area contributed by atoms with Crippen LogP contribution in [0.3, 0.4) is 0 Å². The van der Waals surface area contributed by atoms with Crippen molar-refractivity contribution in [3.8, 4) is 28.4 Å². The van der Waals surface area contributed by atoms with E-state index >= 15 is 0 Å². The molecular weight excluding hydrogens is 606 g/mol. The van der Waals surface area contributed by atoms with Crippen molar-refractivity contribution >= 4 is 43.6 Å². The van der Waals surface area contributed by atoms with E-state index in [1.807, 2.05) is 0 Å². The molecule has 6 nitrogen and oxygen atoms in total. The van der Waals surface area contributed by atoms with Crippen LogP contribution in [-0.2, 0) is 12.4 Å². The summed E-state index contributed by atoms with van der Waals surface area (Å²) in [5, 5.41) is 16.2. The predicted molar refractivity (Wildman–Crippen MR) is 159 cm³/mol. The Labute approximate surface area is 254 Å². The summed E-state index contributed by atoms with van der Waals surface area (Å²) in [6, 6.07) is 19.7. The number of aromatic nitrogens is 2. The van der Waals surface area contributed by atoms with E-state index in [1.165, 1.54) is 24.3 Å². The van der Waals surface area contributed by atoms with Gasteiger partial charge in [-0.15, -0.1) is 4.95 Å². The summed E-state index contributed by atoms with van der Waals surface area (Å²) in [5.41, 5.74) is 2.00. The molecule has 0 amide bonds. The van der Waals surface area contributed by atoms with E-state index in [1.54, 1.807) is 42.6 Å². The van der Waals surface area contributed by atoms with Crippen LogP contribution in [0.1, 0.15) is 11.1 Å². The van der Waals surface area contributed by atoms with Crippen LogP contribution in [0.15, 0.2) is 95.0 Å². The number of nitriles is 1. The SMILES string of the molecule is [C-]#[N+]/N=c1\c2ccc(-c3ccc(C(F)(F)F)cc3)cc2c2nc3/c(=N/C#N)c4cc(-c5ccc(C(F)(F)F)cc5)ccc4c3nc12. The van der Waals surface area contributed by atoms with Gasteiger partial charge in [0.25, 0.3) is 0 Å². The quantitative estimate of drug-likeness (QED) is 0.0842. The predicted octanol–water partition coefficient (Wildman–Crippen LogP) is 8.45. The van der Waals surface area contributed by atoms with Crippen LogP contribution in [0.5, 0.6) is 0 Å². The minimum absolute atomic E-state index is 0.215. The smallest absolute Gasteiger partial charge is 0.241 e. The van der Waals surface area contributed by atoms with Gasteiger partial charge < -0.3 is 0 Å². The molecule has 12 heteroatoms. The third-order valence-electron chi connectivity index (χ3n) is 7.81. The molecular formula is C34H14F6N6. The second kappa shape index (κ2) is 10.2. The molecule has 0 unspecified atom stereocenters. The Balaban J connectivity index is 1.46. The van der Waals surface area contributed by atoms with Crippen LogP contribution < -0.4 is 10.7 Å². The molecule has 7 aromatic rings. The third-order valence-corrected chi connectivity index (χ3v) is 7.81. The Morgan fingerprint density at radius 1 is 0.565 bits per heavy atom. The molecule has 0 saturated heterocycles. The molecule has 0 N–H and O–H groups in total. The second-order valence-corrected chi connectivity index (χ2v) is 10.4. The Kier molecular flexibility index (Phi) is 6.35. The molecule has 0 fully saturated rings. The molecule has 1 aromatic heterocycles. The van der Waals surface area contributed by atoms with E-state index in [4.69, 9.17) is 16.5 Å². The van der Waals surface area contributed by atoms with Gasteiger partial charge in [-0.3, -0.25) is 0 Å². The van der Waals surface area contributed by atoms with Crippen molar-refractivity contribution in [2.24, 2.45) is 10.1 Å². The first kappa shape index (κ1) is 28.6. The van der Waals surface area contributed by atoms with Crippen LogP contribution in [0.25, 0.3) is 70.8 Å². The molecule has 1 heterocycles. The highest BCUT2D eigenvalue weighted by atomic mass is 19.4. The van der Waals surface area contributed by atoms with E-state index < -0.39 is 23.5 Å². The topological polar surface area (TPSA) is 78.6 Å². The number of benzene rings is 4. The summed E-state index contributed by atoms with van der Waals surface area (Å²) < 4.78 is 78.6. The molecule has 0 aliphatic rings. The van der Waals surface area contributed by atoms with Gasteiger partial charge in [0.2, 0.25) is 6.19 Å². The van der Waals surface area contributed by atoms with E-state index in [0.29, 0.717) is 60.3 Å². The highest BCUT2D eigenvalue weighted by Crippen LogP contribution is 2.35. The number of fused-ring (bicyclic) bond motifs is 6. The first-order valence-corrected chi connectivity index (χ1v) is 13.5. The second-order valence-electron chi connectivity index (χ2n) is 10.4. The Morgan fingerprint density at radius 3 is 1.52 bits per heavy atom. The molecule has 0 bridgehead atoms. The summed E-state index contributed by atoms with van der Waals surface area (Å²) in [6.07, 6.45) is -7.17. The summed E-state index contributed by atoms with van der Waals surface area (Å²) in [4.78, 5) is 16.9. The first-order valence-electron chi connectivity index (χ1n) is 13.5. The zero-order valence-corrected chi connectivity index (χ0v) is 23.0. The van der Waals surface area contributed by atoms with Gasteiger partial charge in [-0.25, -0.2) is 9.97 Å². The average molecular weight is 621 g/mol. The fourth-order valence-corrected chi connectivity index (χ4v) is 5.67. The molecule has 7 rings (SSSR count). The lowest BCUT2D eigenvalue weighted by Crippen LogP contribution is -2.04. The minimum Gasteiger partial charge on any atom is -0.241 e. The number of hydrogen-bond acceptors (Lipinski definition) is 5. The molecule has 0 spiro atoms. The summed E-state index contributed by atoms with van der Waals surface area (Å²) in [5.74, 6) is 0. The molecule has 46 heavy (non-hydrogen) atoms. The van der Waals surface area contributed by atoms with Crippen LogP contribution in [0.4, 0.5) is 26.3 Å². The fourth-order valence-electron chi connectivity index (χ4n) is 5.67. The molecule has 0 aliphatic heterocycles. The Bertz CT molecular complexity index is 2560. The van der Waals surface area contributed by atoms with Crippen molar-refractivity contribution in [3.63, 3.8) is 0 Å². The number of alkyl halides is 6. The van der Waals surface area contributed by atoms with Gasteiger partial charge in [-0.2, -0.15) is 43.2 Å². The first-order chi connectivity index (χ1) is 22.0. The lowest BCUT2D eigenvalue weighted by molar-refractivity contribution is -0.138. The number of halogens is 6. The van der Waals surface area contributed by atoms with Crippen molar-refractivity contribution in [1.82, 2.24) is 9.97 Å². The standard InChI is InChI=1S/C34H14F6N6/c1-42-46-30-24-13-7-20(18-4-10-22(11-5-18)34(38,39)40)15-26(24)29-32(30)44-28-23-12-6-19(14-25(23)27(43-16-41)31(28)45-29)17-2-8-21(9-3-17)33(35,36)37/h2-15H/b43-27+,46-30+. The van der Waals surface area contributed by atoms with E-state index in [2.05, 4.69) is 15.0 Å². The lowest BCUT2D eigenvalue weighted by atomic mass is 10.0. The molecule has 222 valence electrons. The van der Waals surface area contributed by atoms with Gasteiger partial charge in [-0.1, -0.05) is 48.5 Å². The van der Waals surface area contributed by atoms with Gasteiger partial charge in [0, 0.05) is 21.5 Å². The maximum Gasteiger partial charge on any atom is 0.416 e. The van der Waals surface area contributed by atoms with Gasteiger partial charge in [0.15, 0.2) is 5.36 Å². The highest BCUT2D eigenvalue weighted by Gasteiger charge is 2.31. The number of hydrogen-bond donors (Lipinski definition) is 0. The Hall–Kier alpha value is -6.14. The molecule has 0 atom stereocenters. The van der Waals surface area contributed by atoms with Crippen LogP contribution in [0.2, 0.25) is 0 Å². The summed E-state index contributed by atoms with van der Waals surface area (Å²) in [6.45, 7) is 7.39. The van der Waals surface area contributed by atoms with Crippen molar-refractivity contribution in [3.05, 3.63) is 118 Å². The normalized spacial score (nSPS) is 13.2. The maximum atomic E-state index is 13.1. The summed E-state index contributed by atoms with van der Waals surface area (Å²) >= 11 is 0. The van der Waals surface area contributed by atoms with Crippen LogP contribution in [0, 0.1) is 18.0 Å². The van der Waals surface area contributed by atoms with Crippen molar-refractivity contribution in [2.45, 2.75) is 12.4 Å². The third kappa shape index (κ3) is 4.59. The lowest BCUT2D eigenvalue weighted by Gasteiger charge is -2.08. The zero-order chi connectivity index (χ0) is 32.4. The largest absolute Gasteiger partial charge is 0.416 e. The van der Waals surface area contributed by atoms with Crippen molar-refractivity contribution < 1.29 is 26.3 Å². The molecule has 0 radical (unpaired) electrons. The zero-order valence-electron chi connectivity index (χ0n) is 23.0. The minimum atomic E-state index is -4.48. The average Bonchev–Trinajstić information content (AvgIpc) is 3.50. The van der Waals surface area contributed by atoms with Gasteiger partial charge in [0.05, 0.1) is 27.3 Å². The molecule has 6 aromatic carbocycles. The van der Waals surface area contributed by atoms with E-state index in [9.17, 15) is 31.6 Å². The number of nitrogens with zero attached hydrogens (tertiary/aromatic N) is 6. The van der Waals surface area contributed by atoms with Gasteiger partial charge >= 0.3 is 12.4 Å². The maximum absolute atomic E-state index is 13.1. The van der Waals surface area contributed by atoms with Crippen molar-refractivity contribution in [1.29, 1.82) is 5.26 Å². The number of rotatable bonds is 2. The fraction of sp³-hybridized carbons (Fsp3) is 0.0588. The monoisotopic (exact) mass is 620 g/mol.